The molecular formula is C24H34N4O4S. The van der Waals surface area contributed by atoms with Gasteiger partial charge in [-0.15, -0.1) is 0 Å². The Kier molecular flexibility index (Phi) is 8.45. The molecule has 8 nitrogen and oxygen atoms in total. The number of hydrogen-bond donors (Lipinski definition) is 4. The maximum Gasteiger partial charge on any atom is 0.251 e. The van der Waals surface area contributed by atoms with Gasteiger partial charge in [-0.3, -0.25) is 4.79 Å². The molecular weight excluding hydrogens is 440 g/mol. The monoisotopic (exact) mass is 474 g/mol. The predicted octanol–water partition coefficient (Wildman–Crippen LogP) is 2.15. The van der Waals surface area contributed by atoms with E-state index in [0.717, 1.165) is 37.6 Å². The van der Waals surface area contributed by atoms with Crippen molar-refractivity contribution >= 4 is 21.6 Å². The average Bonchev–Trinajstić information content (AvgIpc) is 3.33. The minimum absolute atomic E-state index is 0.0595. The van der Waals surface area contributed by atoms with E-state index in [4.69, 9.17) is 0 Å². The van der Waals surface area contributed by atoms with Gasteiger partial charge in [-0.1, -0.05) is 37.3 Å². The molecule has 4 N–H and O–H groups in total. The number of aliphatic hydroxyl groups excluding tert-OH is 1. The number of benzene rings is 1. The van der Waals surface area contributed by atoms with Crippen LogP contribution in [-0.2, 0) is 16.3 Å². The van der Waals surface area contributed by atoms with Gasteiger partial charge in [-0.2, -0.15) is 0 Å². The lowest BCUT2D eigenvalue weighted by Crippen LogP contribution is -2.52. The van der Waals surface area contributed by atoms with Crippen molar-refractivity contribution in [1.29, 1.82) is 0 Å². The van der Waals surface area contributed by atoms with Crippen LogP contribution < -0.4 is 16.0 Å². The zero-order valence-electron chi connectivity index (χ0n) is 19.4. The van der Waals surface area contributed by atoms with Crippen LogP contribution in [0.25, 0.3) is 0 Å². The molecule has 0 saturated carbocycles. The van der Waals surface area contributed by atoms with E-state index < -0.39 is 27.9 Å². The van der Waals surface area contributed by atoms with Crippen molar-refractivity contribution in [1.82, 2.24) is 15.6 Å². The fourth-order valence-electron chi connectivity index (χ4n) is 3.92. The van der Waals surface area contributed by atoms with Crippen molar-refractivity contribution in [3.63, 3.8) is 0 Å². The largest absolute Gasteiger partial charge is 0.389 e. The number of pyridine rings is 1. The molecule has 0 aliphatic carbocycles. The maximum absolute atomic E-state index is 13.3. The third-order valence-electron chi connectivity index (χ3n) is 5.99. The van der Waals surface area contributed by atoms with Gasteiger partial charge in [0.25, 0.3) is 5.91 Å². The first-order chi connectivity index (χ1) is 15.7. The minimum Gasteiger partial charge on any atom is -0.389 e. The van der Waals surface area contributed by atoms with E-state index >= 15 is 0 Å². The van der Waals surface area contributed by atoms with Gasteiger partial charge < -0.3 is 21.1 Å². The SMILES string of the molecule is CC[C@H](C)Nc1cc(C(=O)N[C@@H](Cc2ccccc2)[C@H](O)[C@H]2CCCN2)cc(S(C)(=O)=O)n1. The van der Waals surface area contributed by atoms with Gasteiger partial charge in [0.1, 0.15) is 5.82 Å². The zero-order valence-corrected chi connectivity index (χ0v) is 20.2. The summed E-state index contributed by atoms with van der Waals surface area (Å²) in [5, 5.41) is 20.3. The lowest BCUT2D eigenvalue weighted by atomic mass is 9.95. The Bertz CT molecular complexity index is 1040. The molecule has 1 aromatic heterocycles. The topological polar surface area (TPSA) is 120 Å². The Labute approximate surface area is 196 Å². The molecule has 3 rings (SSSR count). The fraction of sp³-hybridized carbons (Fsp3) is 0.500. The van der Waals surface area contributed by atoms with E-state index in [1.165, 1.54) is 6.07 Å². The van der Waals surface area contributed by atoms with Gasteiger partial charge in [-0.25, -0.2) is 13.4 Å². The molecule has 0 radical (unpaired) electrons. The standard InChI is InChI=1S/C24H34N4O4S/c1-4-16(2)26-21-14-18(15-22(28-21)33(3,31)32)24(30)27-20(13-17-9-6-5-7-10-17)23(29)19-11-8-12-25-19/h5-7,9-10,14-16,19-20,23,25,29H,4,8,11-13H2,1-3H3,(H,26,28)(H,27,30)/t16-,19+,20-,23+/m0/s1. The van der Waals surface area contributed by atoms with Crippen molar-refractivity contribution in [2.45, 2.75) is 68.8 Å². The quantitative estimate of drug-likeness (QED) is 0.416. The summed E-state index contributed by atoms with van der Waals surface area (Å²) in [5.41, 5.74) is 1.17. The van der Waals surface area contributed by atoms with Crippen LogP contribution in [0, 0.1) is 0 Å². The number of amides is 1. The second-order valence-corrected chi connectivity index (χ2v) is 10.7. The highest BCUT2D eigenvalue weighted by Gasteiger charge is 2.31. The first-order valence-corrected chi connectivity index (χ1v) is 13.3. The van der Waals surface area contributed by atoms with Crippen LogP contribution >= 0.6 is 0 Å². The van der Waals surface area contributed by atoms with Crippen LogP contribution in [0.4, 0.5) is 5.82 Å². The van der Waals surface area contributed by atoms with Gasteiger partial charge in [0.05, 0.1) is 12.1 Å². The molecule has 1 aliphatic heterocycles. The van der Waals surface area contributed by atoms with E-state index in [2.05, 4.69) is 20.9 Å². The Morgan fingerprint density at radius 1 is 1.27 bits per heavy atom. The van der Waals surface area contributed by atoms with Gasteiger partial charge >= 0.3 is 0 Å². The van der Waals surface area contributed by atoms with E-state index in [1.54, 1.807) is 6.07 Å². The Morgan fingerprint density at radius 2 is 2.00 bits per heavy atom. The van der Waals surface area contributed by atoms with Crippen LogP contribution in [0.2, 0.25) is 0 Å². The number of hydrogen-bond acceptors (Lipinski definition) is 7. The zero-order chi connectivity index (χ0) is 24.0. The molecule has 9 heteroatoms. The fourth-order valence-corrected chi connectivity index (χ4v) is 4.52. The molecule has 1 aromatic carbocycles. The summed E-state index contributed by atoms with van der Waals surface area (Å²) in [6, 6.07) is 11.9. The first kappa shape index (κ1) is 25.1. The number of aromatic nitrogens is 1. The summed E-state index contributed by atoms with van der Waals surface area (Å²) in [6.45, 7) is 4.79. The maximum atomic E-state index is 13.3. The van der Waals surface area contributed by atoms with Gasteiger partial charge in [0, 0.05) is 23.9 Å². The molecule has 1 fully saturated rings. The van der Waals surface area contributed by atoms with E-state index in [0.29, 0.717) is 12.2 Å². The molecule has 1 amide bonds. The first-order valence-electron chi connectivity index (χ1n) is 11.4. The molecule has 0 bridgehead atoms. The minimum atomic E-state index is -3.62. The molecule has 180 valence electrons. The number of anilines is 1. The average molecular weight is 475 g/mol. The van der Waals surface area contributed by atoms with Crippen molar-refractivity contribution in [2.75, 3.05) is 18.1 Å². The molecule has 2 heterocycles. The van der Waals surface area contributed by atoms with Crippen molar-refractivity contribution < 1.29 is 18.3 Å². The summed E-state index contributed by atoms with van der Waals surface area (Å²) in [6.07, 6.45) is 3.35. The second kappa shape index (κ2) is 11.1. The number of nitrogens with one attached hydrogen (secondary N) is 3. The normalized spacial score (nSPS) is 19.0. The molecule has 1 saturated heterocycles. The number of carbonyl (C=O) groups is 1. The highest BCUT2D eigenvalue weighted by Crippen LogP contribution is 2.19. The van der Waals surface area contributed by atoms with Crippen molar-refractivity contribution in [2.24, 2.45) is 0 Å². The van der Waals surface area contributed by atoms with Crippen LogP contribution in [0.15, 0.2) is 47.5 Å². The van der Waals surface area contributed by atoms with E-state index in [-0.39, 0.29) is 22.7 Å². The van der Waals surface area contributed by atoms with Crippen molar-refractivity contribution in [3.05, 3.63) is 53.6 Å². The highest BCUT2D eigenvalue weighted by atomic mass is 32.2. The molecule has 33 heavy (non-hydrogen) atoms. The summed E-state index contributed by atoms with van der Waals surface area (Å²) >= 11 is 0. The van der Waals surface area contributed by atoms with E-state index in [9.17, 15) is 18.3 Å². The summed E-state index contributed by atoms with van der Waals surface area (Å²) in [4.78, 5) is 17.4. The number of aliphatic hydroxyl groups is 1. The Hall–Kier alpha value is -2.49. The molecule has 4 atom stereocenters. The summed E-state index contributed by atoms with van der Waals surface area (Å²) < 4.78 is 24.4. The number of carbonyl (C=O) groups excluding carboxylic acids is 1. The van der Waals surface area contributed by atoms with Crippen molar-refractivity contribution in [3.8, 4) is 0 Å². The molecule has 2 aromatic rings. The summed E-state index contributed by atoms with van der Waals surface area (Å²) in [7, 11) is -3.62. The lowest BCUT2D eigenvalue weighted by Gasteiger charge is -2.29. The highest BCUT2D eigenvalue weighted by molar-refractivity contribution is 7.90. The summed E-state index contributed by atoms with van der Waals surface area (Å²) in [5.74, 6) is -0.123. The predicted molar refractivity (Wildman–Crippen MR) is 129 cm³/mol. The van der Waals surface area contributed by atoms with Gasteiger partial charge in [0.2, 0.25) is 0 Å². The molecule has 1 aliphatic rings. The Morgan fingerprint density at radius 3 is 2.61 bits per heavy atom. The van der Waals surface area contributed by atoms with Crippen LogP contribution in [0.1, 0.15) is 49.0 Å². The smallest absolute Gasteiger partial charge is 0.251 e. The van der Waals surface area contributed by atoms with Crippen LogP contribution in [0.3, 0.4) is 0 Å². The third kappa shape index (κ3) is 6.99. The van der Waals surface area contributed by atoms with Crippen LogP contribution in [-0.4, -0.2) is 61.4 Å². The number of rotatable bonds is 10. The van der Waals surface area contributed by atoms with Crippen LogP contribution in [0.5, 0.6) is 0 Å². The number of nitrogens with zero attached hydrogens (tertiary/aromatic N) is 1. The van der Waals surface area contributed by atoms with Gasteiger partial charge in [0.15, 0.2) is 14.9 Å². The number of sulfone groups is 1. The molecule has 0 spiro atoms. The Balaban J connectivity index is 1.88. The van der Waals surface area contributed by atoms with Gasteiger partial charge in [-0.05, 0) is 56.8 Å². The second-order valence-electron chi connectivity index (χ2n) is 8.77. The molecule has 0 unspecified atom stereocenters. The third-order valence-corrected chi connectivity index (χ3v) is 6.96. The lowest BCUT2D eigenvalue weighted by molar-refractivity contribution is 0.0737. The van der Waals surface area contributed by atoms with E-state index in [1.807, 2.05) is 44.2 Å².